The van der Waals surface area contributed by atoms with E-state index >= 15 is 0 Å². The number of imide groups is 1. The van der Waals surface area contributed by atoms with E-state index in [4.69, 9.17) is 5.73 Å². The van der Waals surface area contributed by atoms with E-state index in [1.54, 1.807) is 24.4 Å². The summed E-state index contributed by atoms with van der Waals surface area (Å²) < 4.78 is 0. The summed E-state index contributed by atoms with van der Waals surface area (Å²) in [5.74, 6) is -0.436. The number of rotatable bonds is 2. The lowest BCUT2D eigenvalue weighted by molar-refractivity contribution is 0.0838. The average Bonchev–Trinajstić information content (AvgIpc) is 3.02. The highest BCUT2D eigenvalue weighted by Gasteiger charge is 2.16. The van der Waals surface area contributed by atoms with E-state index in [-0.39, 0.29) is 0 Å². The summed E-state index contributed by atoms with van der Waals surface area (Å²) in [4.78, 5) is 31.5. The number of benzene rings is 1. The molecule has 3 aromatic rings. The van der Waals surface area contributed by atoms with Gasteiger partial charge in [0.15, 0.2) is 0 Å². The van der Waals surface area contributed by atoms with Gasteiger partial charge in [0.1, 0.15) is 5.65 Å². The number of fused-ring (bicyclic) bond motifs is 1. The number of H-pyrrole nitrogens is 1. The Morgan fingerprint density at radius 3 is 2.82 bits per heavy atom. The zero-order valence-electron chi connectivity index (χ0n) is 11.9. The monoisotopic (exact) mass is 294 g/mol. The first-order valence-corrected chi connectivity index (χ1v) is 6.68. The zero-order valence-corrected chi connectivity index (χ0v) is 11.9. The smallest absolute Gasteiger partial charge is 0.321 e. The van der Waals surface area contributed by atoms with Crippen molar-refractivity contribution in [2.75, 3.05) is 7.05 Å². The molecule has 0 saturated carbocycles. The van der Waals surface area contributed by atoms with Gasteiger partial charge in [-0.25, -0.2) is 9.78 Å². The summed E-state index contributed by atoms with van der Waals surface area (Å²) in [6, 6.07) is 10.1. The number of pyridine rings is 1. The van der Waals surface area contributed by atoms with Crippen LogP contribution in [-0.4, -0.2) is 33.9 Å². The lowest BCUT2D eigenvalue weighted by Crippen LogP contribution is -2.37. The summed E-state index contributed by atoms with van der Waals surface area (Å²) in [5, 5.41) is 0.968. The van der Waals surface area contributed by atoms with Crippen LogP contribution in [0.5, 0.6) is 0 Å². The number of carbonyl (C=O) groups excluding carboxylic acids is 2. The van der Waals surface area contributed by atoms with Crippen molar-refractivity contribution < 1.29 is 9.59 Å². The van der Waals surface area contributed by atoms with Gasteiger partial charge in [-0.2, -0.15) is 0 Å². The second-order valence-corrected chi connectivity index (χ2v) is 4.88. The normalized spacial score (nSPS) is 10.6. The minimum absolute atomic E-state index is 0.402. The minimum Gasteiger partial charge on any atom is -0.351 e. The molecule has 0 bridgehead atoms. The molecule has 3 amide bonds. The van der Waals surface area contributed by atoms with Gasteiger partial charge in [0.2, 0.25) is 0 Å². The molecule has 0 aliphatic rings. The van der Waals surface area contributed by atoms with Gasteiger partial charge in [-0.15, -0.1) is 0 Å². The van der Waals surface area contributed by atoms with Crippen molar-refractivity contribution >= 4 is 23.0 Å². The third-order valence-electron chi connectivity index (χ3n) is 3.52. The molecule has 3 rings (SSSR count). The maximum atomic E-state index is 12.2. The predicted molar refractivity (Wildman–Crippen MR) is 83.2 cm³/mol. The molecule has 110 valence electrons. The molecule has 0 aliphatic heterocycles. The largest absolute Gasteiger partial charge is 0.351 e. The quantitative estimate of drug-likeness (QED) is 0.760. The van der Waals surface area contributed by atoms with E-state index in [1.807, 2.05) is 24.4 Å². The maximum absolute atomic E-state index is 12.2. The van der Waals surface area contributed by atoms with Gasteiger partial charge >= 0.3 is 6.03 Å². The molecule has 0 radical (unpaired) electrons. The van der Waals surface area contributed by atoms with Crippen LogP contribution in [0.3, 0.4) is 0 Å². The first-order chi connectivity index (χ1) is 10.6. The molecule has 2 heterocycles. The lowest BCUT2D eigenvalue weighted by atomic mass is 10.0. The molecular formula is C16H14N4O2. The number of nitrogens with one attached hydrogen (secondary N) is 1. The lowest BCUT2D eigenvalue weighted by Gasteiger charge is -2.13. The Kier molecular flexibility index (Phi) is 3.34. The first kappa shape index (κ1) is 13.8. The maximum Gasteiger partial charge on any atom is 0.321 e. The molecule has 0 aliphatic carbocycles. The van der Waals surface area contributed by atoms with Crippen LogP contribution in [0.2, 0.25) is 0 Å². The van der Waals surface area contributed by atoms with Crippen molar-refractivity contribution in [2.24, 2.45) is 5.73 Å². The van der Waals surface area contributed by atoms with Crippen LogP contribution in [-0.2, 0) is 0 Å². The van der Waals surface area contributed by atoms with Gasteiger partial charge in [-0.1, -0.05) is 12.1 Å². The number of primary amides is 1. The molecule has 6 heteroatoms. The van der Waals surface area contributed by atoms with Crippen LogP contribution in [0, 0.1) is 0 Å². The Morgan fingerprint density at radius 2 is 2.05 bits per heavy atom. The molecular weight excluding hydrogens is 280 g/mol. The third-order valence-corrected chi connectivity index (χ3v) is 3.52. The number of hydrogen-bond donors (Lipinski definition) is 2. The highest BCUT2D eigenvalue weighted by atomic mass is 16.2. The molecule has 2 aromatic heterocycles. The van der Waals surface area contributed by atoms with Gasteiger partial charge in [0.05, 0.1) is 0 Å². The number of aromatic amines is 1. The molecule has 3 N–H and O–H groups in total. The van der Waals surface area contributed by atoms with E-state index in [2.05, 4.69) is 9.97 Å². The Morgan fingerprint density at radius 1 is 1.23 bits per heavy atom. The van der Waals surface area contributed by atoms with E-state index < -0.39 is 11.9 Å². The summed E-state index contributed by atoms with van der Waals surface area (Å²) in [6.07, 6.45) is 3.52. The Bertz CT molecular complexity index is 869. The topological polar surface area (TPSA) is 92.1 Å². The number of urea groups is 1. The number of aromatic nitrogens is 2. The van der Waals surface area contributed by atoms with Crippen molar-refractivity contribution in [3.05, 3.63) is 54.4 Å². The van der Waals surface area contributed by atoms with Gasteiger partial charge in [0.25, 0.3) is 5.91 Å². The molecule has 0 unspecified atom stereocenters. The number of amides is 3. The number of hydrogen-bond acceptors (Lipinski definition) is 3. The molecule has 1 aromatic carbocycles. The second-order valence-electron chi connectivity index (χ2n) is 4.88. The fourth-order valence-electron chi connectivity index (χ4n) is 2.33. The van der Waals surface area contributed by atoms with Crippen molar-refractivity contribution in [1.29, 1.82) is 0 Å². The second kappa shape index (κ2) is 5.33. The first-order valence-electron chi connectivity index (χ1n) is 6.68. The van der Waals surface area contributed by atoms with Gasteiger partial charge in [-0.3, -0.25) is 9.69 Å². The third kappa shape index (κ3) is 2.31. The van der Waals surface area contributed by atoms with Gasteiger partial charge in [-0.05, 0) is 35.4 Å². The van der Waals surface area contributed by atoms with Crippen molar-refractivity contribution in [2.45, 2.75) is 0 Å². The Hall–Kier alpha value is -3.15. The van der Waals surface area contributed by atoms with Crippen LogP contribution in [0.4, 0.5) is 4.79 Å². The highest BCUT2D eigenvalue weighted by Crippen LogP contribution is 2.27. The van der Waals surface area contributed by atoms with Crippen LogP contribution in [0.25, 0.3) is 22.2 Å². The number of nitrogens with zero attached hydrogens (tertiary/aromatic N) is 2. The fourth-order valence-corrected chi connectivity index (χ4v) is 2.33. The van der Waals surface area contributed by atoms with Crippen molar-refractivity contribution in [1.82, 2.24) is 14.9 Å². The Balaban J connectivity index is 2.07. The van der Waals surface area contributed by atoms with Gasteiger partial charge in [0, 0.05) is 30.4 Å². The van der Waals surface area contributed by atoms with Crippen molar-refractivity contribution in [3.63, 3.8) is 0 Å². The van der Waals surface area contributed by atoms with E-state index in [0.29, 0.717) is 5.56 Å². The molecule has 0 fully saturated rings. The van der Waals surface area contributed by atoms with Crippen LogP contribution < -0.4 is 5.73 Å². The zero-order chi connectivity index (χ0) is 15.7. The summed E-state index contributed by atoms with van der Waals surface area (Å²) >= 11 is 0. The summed E-state index contributed by atoms with van der Waals surface area (Å²) in [6.45, 7) is 0. The molecule has 6 nitrogen and oxygen atoms in total. The minimum atomic E-state index is -0.785. The number of carbonyl (C=O) groups is 2. The SMILES string of the molecule is CN(C(N)=O)C(=O)c1cccc(-c2ccnc3[nH]ccc23)c1. The van der Waals surface area contributed by atoms with E-state index in [9.17, 15) is 9.59 Å². The fraction of sp³-hybridized carbons (Fsp3) is 0.0625. The van der Waals surface area contributed by atoms with Gasteiger partial charge < -0.3 is 10.7 Å². The molecule has 0 saturated heterocycles. The van der Waals surface area contributed by atoms with Crippen LogP contribution >= 0.6 is 0 Å². The molecule has 0 spiro atoms. The summed E-state index contributed by atoms with van der Waals surface area (Å²) in [7, 11) is 1.36. The average molecular weight is 294 g/mol. The summed E-state index contributed by atoms with van der Waals surface area (Å²) in [5.41, 5.74) is 8.15. The number of nitrogens with two attached hydrogens (primary N) is 1. The van der Waals surface area contributed by atoms with Crippen molar-refractivity contribution in [3.8, 4) is 11.1 Å². The predicted octanol–water partition coefficient (Wildman–Crippen LogP) is 2.38. The molecule has 0 atom stereocenters. The van der Waals surface area contributed by atoms with Crippen LogP contribution in [0.15, 0.2) is 48.8 Å². The van der Waals surface area contributed by atoms with E-state index in [0.717, 1.165) is 27.1 Å². The Labute approximate surface area is 126 Å². The standard InChI is InChI=1S/C16H14N4O2/c1-20(16(17)22)15(21)11-4-2-3-10(9-11)12-5-7-18-14-13(12)6-8-19-14/h2-9H,1H3,(H2,17,22)(H,18,19). The van der Waals surface area contributed by atoms with Crippen LogP contribution in [0.1, 0.15) is 10.4 Å². The highest BCUT2D eigenvalue weighted by molar-refractivity contribution is 6.04. The molecule has 22 heavy (non-hydrogen) atoms. The van der Waals surface area contributed by atoms with E-state index in [1.165, 1.54) is 7.05 Å².